The second kappa shape index (κ2) is 7.81. The summed E-state index contributed by atoms with van der Waals surface area (Å²) in [6, 6.07) is 18.4. The normalized spacial score (nSPS) is 10.2. The molecule has 1 amide bonds. The Hall–Kier alpha value is -2.86. The molecule has 0 aliphatic rings. The first kappa shape index (κ1) is 17.0. The summed E-state index contributed by atoms with van der Waals surface area (Å²) in [6.07, 6.45) is 1.66. The Bertz CT molecular complexity index is 882. The van der Waals surface area contributed by atoms with Crippen LogP contribution in [-0.2, 0) is 0 Å². The third kappa shape index (κ3) is 4.58. The summed E-state index contributed by atoms with van der Waals surface area (Å²) in [5.74, 6) is 1.05. The van der Waals surface area contributed by atoms with Crippen molar-refractivity contribution in [3.05, 3.63) is 76.9 Å². The van der Waals surface area contributed by atoms with Crippen molar-refractivity contribution in [2.24, 2.45) is 0 Å². The molecule has 5 nitrogen and oxygen atoms in total. The largest absolute Gasteiger partial charge is 0.497 e. The van der Waals surface area contributed by atoms with Crippen molar-refractivity contribution in [3.8, 4) is 5.75 Å². The summed E-state index contributed by atoms with van der Waals surface area (Å²) in [5, 5.41) is 6.01. The van der Waals surface area contributed by atoms with Crippen LogP contribution in [0.4, 0.5) is 17.2 Å². The molecule has 3 aromatic rings. The van der Waals surface area contributed by atoms with Gasteiger partial charge >= 0.3 is 0 Å². The van der Waals surface area contributed by atoms with Gasteiger partial charge in [0.15, 0.2) is 0 Å². The first-order valence-corrected chi connectivity index (χ1v) is 8.37. The highest BCUT2D eigenvalue weighted by Crippen LogP contribution is 2.21. The van der Waals surface area contributed by atoms with Crippen molar-refractivity contribution in [2.45, 2.75) is 0 Å². The number of ether oxygens (including phenoxy) is 1. The number of hydrogen-bond donors (Lipinski definition) is 2. The number of carbonyl (C=O) groups is 1. The first-order chi connectivity index (χ1) is 12.1. The van der Waals surface area contributed by atoms with Crippen LogP contribution in [0.2, 0.25) is 0 Å². The predicted octanol–water partition coefficient (Wildman–Crippen LogP) is 4.85. The number of methoxy groups -OCH3 is 1. The van der Waals surface area contributed by atoms with E-state index in [0.29, 0.717) is 11.4 Å². The molecule has 0 unspecified atom stereocenters. The van der Waals surface area contributed by atoms with Crippen molar-refractivity contribution in [1.29, 1.82) is 0 Å². The molecule has 0 aliphatic carbocycles. The molecule has 3 rings (SSSR count). The average molecular weight is 398 g/mol. The smallest absolute Gasteiger partial charge is 0.256 e. The van der Waals surface area contributed by atoms with Crippen LogP contribution in [0.5, 0.6) is 5.75 Å². The Morgan fingerprint density at radius 1 is 1.04 bits per heavy atom. The average Bonchev–Trinajstić information content (AvgIpc) is 2.63. The summed E-state index contributed by atoms with van der Waals surface area (Å²) in [5.41, 5.74) is 2.27. The lowest BCUT2D eigenvalue weighted by Gasteiger charge is -2.09. The number of hydrogen-bond acceptors (Lipinski definition) is 4. The van der Waals surface area contributed by atoms with Crippen LogP contribution in [0.15, 0.2) is 71.3 Å². The zero-order valence-electron chi connectivity index (χ0n) is 13.5. The summed E-state index contributed by atoms with van der Waals surface area (Å²) in [4.78, 5) is 16.5. The Morgan fingerprint density at radius 3 is 2.60 bits per heavy atom. The lowest BCUT2D eigenvalue weighted by Crippen LogP contribution is -2.12. The molecule has 0 fully saturated rings. The number of benzene rings is 2. The van der Waals surface area contributed by atoms with E-state index in [0.717, 1.165) is 21.6 Å². The molecule has 1 heterocycles. The van der Waals surface area contributed by atoms with E-state index in [9.17, 15) is 4.79 Å². The number of aromatic nitrogens is 1. The molecule has 0 atom stereocenters. The van der Waals surface area contributed by atoms with Crippen molar-refractivity contribution >= 4 is 39.0 Å². The maximum Gasteiger partial charge on any atom is 0.256 e. The number of amides is 1. The van der Waals surface area contributed by atoms with Gasteiger partial charge < -0.3 is 15.4 Å². The summed E-state index contributed by atoms with van der Waals surface area (Å²) >= 11 is 3.35. The summed E-state index contributed by atoms with van der Waals surface area (Å²) < 4.78 is 6.05. The number of nitrogens with zero attached hydrogens (tertiary/aromatic N) is 1. The van der Waals surface area contributed by atoms with Gasteiger partial charge in [0.25, 0.3) is 5.91 Å². The van der Waals surface area contributed by atoms with Gasteiger partial charge in [0.05, 0.1) is 19.0 Å². The lowest BCUT2D eigenvalue weighted by molar-refractivity contribution is 0.102. The van der Waals surface area contributed by atoms with E-state index in [-0.39, 0.29) is 5.91 Å². The van der Waals surface area contributed by atoms with Crippen molar-refractivity contribution in [3.63, 3.8) is 0 Å². The molecule has 0 bridgehead atoms. The molecular formula is C19H16BrN3O2. The van der Waals surface area contributed by atoms with Crippen molar-refractivity contribution < 1.29 is 9.53 Å². The van der Waals surface area contributed by atoms with E-state index < -0.39 is 0 Å². The van der Waals surface area contributed by atoms with E-state index in [1.807, 2.05) is 42.5 Å². The first-order valence-electron chi connectivity index (χ1n) is 7.58. The van der Waals surface area contributed by atoms with Crippen LogP contribution in [0.1, 0.15) is 10.4 Å². The second-order valence-electron chi connectivity index (χ2n) is 5.25. The minimum atomic E-state index is -0.206. The number of halogens is 1. The van der Waals surface area contributed by atoms with E-state index in [1.54, 1.807) is 31.5 Å². The number of carbonyl (C=O) groups excluding carboxylic acids is 1. The lowest BCUT2D eigenvalue weighted by atomic mass is 10.2. The van der Waals surface area contributed by atoms with Crippen LogP contribution >= 0.6 is 15.9 Å². The second-order valence-corrected chi connectivity index (χ2v) is 6.17. The minimum Gasteiger partial charge on any atom is -0.497 e. The third-order valence-corrected chi connectivity index (χ3v) is 3.94. The molecule has 1 aromatic heterocycles. The fourth-order valence-electron chi connectivity index (χ4n) is 2.23. The fourth-order valence-corrected chi connectivity index (χ4v) is 2.63. The molecule has 25 heavy (non-hydrogen) atoms. The van der Waals surface area contributed by atoms with Crippen LogP contribution in [0.25, 0.3) is 0 Å². The molecule has 6 heteroatoms. The van der Waals surface area contributed by atoms with Gasteiger partial charge in [-0.15, -0.1) is 0 Å². The van der Waals surface area contributed by atoms with E-state index >= 15 is 0 Å². The SMILES string of the molecule is COc1cccc(Nc2ccc(NC(=O)c3cccc(Br)c3)nc2)c1. The number of nitrogens with one attached hydrogen (secondary N) is 2. The van der Waals surface area contributed by atoms with E-state index in [1.165, 1.54) is 0 Å². The van der Waals surface area contributed by atoms with Gasteiger partial charge in [-0.3, -0.25) is 4.79 Å². The molecule has 2 N–H and O–H groups in total. The molecule has 2 aromatic carbocycles. The molecule has 126 valence electrons. The van der Waals surface area contributed by atoms with Crippen LogP contribution in [-0.4, -0.2) is 18.0 Å². The highest BCUT2D eigenvalue weighted by molar-refractivity contribution is 9.10. The minimum absolute atomic E-state index is 0.206. The number of anilines is 3. The third-order valence-electron chi connectivity index (χ3n) is 3.45. The molecular weight excluding hydrogens is 382 g/mol. The molecule has 0 radical (unpaired) electrons. The van der Waals surface area contributed by atoms with Gasteiger partial charge in [0.1, 0.15) is 11.6 Å². The topological polar surface area (TPSA) is 63.2 Å². The molecule has 0 saturated carbocycles. The Balaban J connectivity index is 1.66. The van der Waals surface area contributed by atoms with Gasteiger partial charge in [-0.2, -0.15) is 0 Å². The van der Waals surface area contributed by atoms with E-state index in [2.05, 4.69) is 31.5 Å². The number of rotatable bonds is 5. The standard InChI is InChI=1S/C19H16BrN3O2/c1-25-17-7-3-6-15(11-17)22-16-8-9-18(21-12-16)23-19(24)13-4-2-5-14(20)10-13/h2-12,22H,1H3,(H,21,23,24). The number of pyridine rings is 1. The zero-order chi connectivity index (χ0) is 17.6. The van der Waals surface area contributed by atoms with Crippen LogP contribution in [0, 0.1) is 0 Å². The Labute approximate surface area is 154 Å². The quantitative estimate of drug-likeness (QED) is 0.645. The summed E-state index contributed by atoms with van der Waals surface area (Å²) in [6.45, 7) is 0. The maximum atomic E-state index is 12.2. The van der Waals surface area contributed by atoms with Gasteiger partial charge in [0.2, 0.25) is 0 Å². The monoisotopic (exact) mass is 397 g/mol. The Kier molecular flexibility index (Phi) is 5.30. The van der Waals surface area contributed by atoms with E-state index in [4.69, 9.17) is 4.74 Å². The fraction of sp³-hybridized carbons (Fsp3) is 0.0526. The molecule has 0 aliphatic heterocycles. The van der Waals surface area contributed by atoms with Crippen molar-refractivity contribution in [1.82, 2.24) is 4.98 Å². The van der Waals surface area contributed by atoms with Gasteiger partial charge in [-0.1, -0.05) is 28.1 Å². The highest BCUT2D eigenvalue weighted by atomic mass is 79.9. The zero-order valence-corrected chi connectivity index (χ0v) is 15.1. The maximum absolute atomic E-state index is 12.2. The van der Waals surface area contributed by atoms with Gasteiger partial charge in [-0.05, 0) is 42.5 Å². The van der Waals surface area contributed by atoms with Gasteiger partial charge in [-0.25, -0.2) is 4.98 Å². The molecule has 0 saturated heterocycles. The predicted molar refractivity (Wildman–Crippen MR) is 103 cm³/mol. The summed E-state index contributed by atoms with van der Waals surface area (Å²) in [7, 11) is 1.63. The van der Waals surface area contributed by atoms with Crippen LogP contribution in [0.3, 0.4) is 0 Å². The Morgan fingerprint density at radius 2 is 1.88 bits per heavy atom. The van der Waals surface area contributed by atoms with Gasteiger partial charge in [0, 0.05) is 21.8 Å². The molecule has 0 spiro atoms. The van der Waals surface area contributed by atoms with Crippen molar-refractivity contribution in [2.75, 3.05) is 17.7 Å². The van der Waals surface area contributed by atoms with Crippen LogP contribution < -0.4 is 15.4 Å². The highest BCUT2D eigenvalue weighted by Gasteiger charge is 2.07.